The summed E-state index contributed by atoms with van der Waals surface area (Å²) in [4.78, 5) is 0.328. The molecule has 5 heteroatoms. The van der Waals surface area contributed by atoms with Gasteiger partial charge < -0.3 is 10.5 Å². The first-order chi connectivity index (χ1) is 11.0. The van der Waals surface area contributed by atoms with Gasteiger partial charge in [0.2, 0.25) is 0 Å². The molecule has 2 aromatic carbocycles. The number of benzene rings is 2. The van der Waals surface area contributed by atoms with E-state index in [9.17, 15) is 8.42 Å². The molecule has 120 valence electrons. The van der Waals surface area contributed by atoms with Gasteiger partial charge in [0, 0.05) is 12.8 Å². The van der Waals surface area contributed by atoms with E-state index in [0.29, 0.717) is 24.7 Å². The van der Waals surface area contributed by atoms with Crippen molar-refractivity contribution in [2.24, 2.45) is 5.73 Å². The average Bonchev–Trinajstić information content (AvgIpc) is 3.04. The SMILES string of the molecule is CS(=O)(=O)c1ccc(C2=C(c3ccc(CN)cc3)COC2)cc1. The Hall–Kier alpha value is -1.95. The van der Waals surface area contributed by atoms with Gasteiger partial charge in [-0.2, -0.15) is 0 Å². The minimum Gasteiger partial charge on any atom is -0.372 e. The Morgan fingerprint density at radius 1 is 0.913 bits per heavy atom. The lowest BCUT2D eigenvalue weighted by molar-refractivity contribution is 0.219. The zero-order chi connectivity index (χ0) is 16.4. The molecular weight excluding hydrogens is 310 g/mol. The Kier molecular flexibility index (Phi) is 4.35. The summed E-state index contributed by atoms with van der Waals surface area (Å²) in [5.74, 6) is 0. The molecule has 3 rings (SSSR count). The maximum Gasteiger partial charge on any atom is 0.175 e. The summed E-state index contributed by atoms with van der Waals surface area (Å²) in [7, 11) is -3.18. The van der Waals surface area contributed by atoms with Crippen molar-refractivity contribution in [1.82, 2.24) is 0 Å². The van der Waals surface area contributed by atoms with Crippen LogP contribution < -0.4 is 5.73 Å². The molecule has 0 spiro atoms. The summed E-state index contributed by atoms with van der Waals surface area (Å²) in [5.41, 5.74) is 11.1. The van der Waals surface area contributed by atoms with Gasteiger partial charge in [0.1, 0.15) is 0 Å². The van der Waals surface area contributed by atoms with Crippen LogP contribution in [-0.2, 0) is 21.1 Å². The van der Waals surface area contributed by atoms with Crippen LogP contribution in [0.15, 0.2) is 53.4 Å². The van der Waals surface area contributed by atoms with Crippen LogP contribution in [0.2, 0.25) is 0 Å². The minimum atomic E-state index is -3.18. The Morgan fingerprint density at radius 2 is 1.39 bits per heavy atom. The Labute approximate surface area is 136 Å². The first kappa shape index (κ1) is 15.9. The number of nitrogens with two attached hydrogens (primary N) is 1. The van der Waals surface area contributed by atoms with Crippen LogP contribution in [0.1, 0.15) is 16.7 Å². The number of rotatable bonds is 4. The normalized spacial score (nSPS) is 15.2. The maximum absolute atomic E-state index is 11.6. The number of hydrogen-bond acceptors (Lipinski definition) is 4. The monoisotopic (exact) mass is 329 g/mol. The van der Waals surface area contributed by atoms with Gasteiger partial charge in [-0.1, -0.05) is 36.4 Å². The predicted molar refractivity (Wildman–Crippen MR) is 91.5 cm³/mol. The molecule has 1 heterocycles. The smallest absolute Gasteiger partial charge is 0.175 e. The van der Waals surface area contributed by atoms with Crippen molar-refractivity contribution in [2.45, 2.75) is 11.4 Å². The molecule has 2 N–H and O–H groups in total. The lowest BCUT2D eigenvalue weighted by Gasteiger charge is -2.08. The molecule has 0 aliphatic carbocycles. The van der Waals surface area contributed by atoms with Crippen molar-refractivity contribution in [1.29, 1.82) is 0 Å². The highest BCUT2D eigenvalue weighted by molar-refractivity contribution is 7.90. The molecule has 2 aromatic rings. The van der Waals surface area contributed by atoms with Crippen LogP contribution in [0.3, 0.4) is 0 Å². The Balaban J connectivity index is 1.98. The predicted octanol–water partition coefficient (Wildman–Crippen LogP) is 2.49. The number of sulfone groups is 1. The van der Waals surface area contributed by atoms with Crippen molar-refractivity contribution < 1.29 is 13.2 Å². The van der Waals surface area contributed by atoms with Crippen LogP contribution in [0, 0.1) is 0 Å². The highest BCUT2D eigenvalue weighted by Crippen LogP contribution is 2.32. The molecule has 23 heavy (non-hydrogen) atoms. The summed E-state index contributed by atoms with van der Waals surface area (Å²) in [6, 6.07) is 15.1. The first-order valence-electron chi connectivity index (χ1n) is 7.38. The quantitative estimate of drug-likeness (QED) is 0.935. The van der Waals surface area contributed by atoms with Gasteiger partial charge in [-0.05, 0) is 40.0 Å². The van der Waals surface area contributed by atoms with Crippen molar-refractivity contribution in [3.63, 3.8) is 0 Å². The van der Waals surface area contributed by atoms with E-state index >= 15 is 0 Å². The number of hydrogen-bond donors (Lipinski definition) is 1. The van der Waals surface area contributed by atoms with Gasteiger partial charge in [0.25, 0.3) is 0 Å². The molecule has 0 saturated heterocycles. The fraction of sp³-hybridized carbons (Fsp3) is 0.222. The van der Waals surface area contributed by atoms with Crippen LogP contribution in [-0.4, -0.2) is 27.9 Å². The fourth-order valence-corrected chi connectivity index (χ4v) is 3.32. The third-order valence-corrected chi connectivity index (χ3v) is 5.15. The van der Waals surface area contributed by atoms with E-state index < -0.39 is 9.84 Å². The highest BCUT2D eigenvalue weighted by atomic mass is 32.2. The third-order valence-electron chi connectivity index (χ3n) is 4.03. The van der Waals surface area contributed by atoms with Gasteiger partial charge >= 0.3 is 0 Å². The fourth-order valence-electron chi connectivity index (χ4n) is 2.69. The lowest BCUT2D eigenvalue weighted by Crippen LogP contribution is -1.98. The molecule has 0 amide bonds. The topological polar surface area (TPSA) is 69.4 Å². The molecule has 0 fully saturated rings. The molecule has 0 bridgehead atoms. The molecule has 1 aliphatic heterocycles. The van der Waals surface area contributed by atoms with Crippen LogP contribution in [0.25, 0.3) is 11.1 Å². The maximum atomic E-state index is 11.6. The van der Waals surface area contributed by atoms with E-state index in [-0.39, 0.29) is 0 Å². The molecule has 0 saturated carbocycles. The second-order valence-electron chi connectivity index (χ2n) is 5.65. The van der Waals surface area contributed by atoms with Gasteiger partial charge in [-0.25, -0.2) is 8.42 Å². The van der Waals surface area contributed by atoms with E-state index in [4.69, 9.17) is 10.5 Å². The largest absolute Gasteiger partial charge is 0.372 e. The number of ether oxygens (including phenoxy) is 1. The van der Waals surface area contributed by atoms with E-state index in [1.54, 1.807) is 12.1 Å². The van der Waals surface area contributed by atoms with Gasteiger partial charge in [0.15, 0.2) is 9.84 Å². The third kappa shape index (κ3) is 3.37. The van der Waals surface area contributed by atoms with E-state index in [1.807, 2.05) is 24.3 Å². The zero-order valence-electron chi connectivity index (χ0n) is 13.0. The van der Waals surface area contributed by atoms with Crippen LogP contribution >= 0.6 is 0 Å². The standard InChI is InChI=1S/C18H19NO3S/c1-23(20,21)16-8-6-15(7-9-16)18-12-22-11-17(18)14-4-2-13(10-19)3-5-14/h2-9H,10-12,19H2,1H3. The minimum absolute atomic E-state index is 0.328. The average molecular weight is 329 g/mol. The lowest BCUT2D eigenvalue weighted by atomic mass is 9.96. The summed E-state index contributed by atoms with van der Waals surface area (Å²) < 4.78 is 28.7. The summed E-state index contributed by atoms with van der Waals surface area (Å²) in [6.45, 7) is 1.62. The summed E-state index contributed by atoms with van der Waals surface area (Å²) in [6.07, 6.45) is 1.21. The Morgan fingerprint density at radius 3 is 1.83 bits per heavy atom. The van der Waals surface area contributed by atoms with E-state index in [0.717, 1.165) is 27.8 Å². The molecule has 0 radical (unpaired) electrons. The molecular formula is C18H19NO3S. The first-order valence-corrected chi connectivity index (χ1v) is 9.28. The van der Waals surface area contributed by atoms with Crippen molar-refractivity contribution in [3.8, 4) is 0 Å². The van der Waals surface area contributed by atoms with E-state index in [2.05, 4.69) is 12.1 Å². The van der Waals surface area contributed by atoms with Crippen LogP contribution in [0.4, 0.5) is 0 Å². The second-order valence-corrected chi connectivity index (χ2v) is 7.66. The second kappa shape index (κ2) is 6.28. The summed E-state index contributed by atoms with van der Waals surface area (Å²) >= 11 is 0. The van der Waals surface area contributed by atoms with Crippen molar-refractivity contribution >= 4 is 21.0 Å². The molecule has 4 nitrogen and oxygen atoms in total. The summed E-state index contributed by atoms with van der Waals surface area (Å²) in [5, 5.41) is 0. The van der Waals surface area contributed by atoms with Crippen LogP contribution in [0.5, 0.6) is 0 Å². The van der Waals surface area contributed by atoms with Crippen molar-refractivity contribution in [3.05, 3.63) is 65.2 Å². The zero-order valence-corrected chi connectivity index (χ0v) is 13.8. The molecule has 0 aromatic heterocycles. The molecule has 0 unspecified atom stereocenters. The van der Waals surface area contributed by atoms with Crippen molar-refractivity contribution in [2.75, 3.05) is 19.5 Å². The Bertz CT molecular complexity index is 835. The molecule has 0 atom stereocenters. The van der Waals surface area contributed by atoms with Gasteiger partial charge in [-0.3, -0.25) is 0 Å². The van der Waals surface area contributed by atoms with Gasteiger partial charge in [-0.15, -0.1) is 0 Å². The highest BCUT2D eigenvalue weighted by Gasteiger charge is 2.18. The molecule has 1 aliphatic rings. The van der Waals surface area contributed by atoms with Gasteiger partial charge in [0.05, 0.1) is 18.1 Å². The van der Waals surface area contributed by atoms with E-state index in [1.165, 1.54) is 6.26 Å².